The van der Waals surface area contributed by atoms with Crippen molar-refractivity contribution in [3.8, 4) is 0 Å². The minimum atomic E-state index is -0.106. The van der Waals surface area contributed by atoms with Crippen LogP contribution in [0.1, 0.15) is 19.8 Å². The van der Waals surface area contributed by atoms with Crippen LogP contribution in [0.25, 0.3) is 0 Å². The minimum Gasteiger partial charge on any atom is -0.368 e. The van der Waals surface area contributed by atoms with E-state index in [9.17, 15) is 4.79 Å². The summed E-state index contributed by atoms with van der Waals surface area (Å²) in [5.41, 5.74) is 0. The molecule has 2 atom stereocenters. The summed E-state index contributed by atoms with van der Waals surface area (Å²) in [5, 5.41) is 0. The summed E-state index contributed by atoms with van der Waals surface area (Å²) >= 11 is 0. The lowest BCUT2D eigenvalue weighted by atomic mass is 10.2. The standard InChI is InChI=1S/C6H10O2/c1-5-2-3-6(4-7)8-5/h4-6H,2-3H2,1H3/t5-,6-/m1/s1. The number of ether oxygens (including phenoxy) is 1. The van der Waals surface area contributed by atoms with E-state index in [-0.39, 0.29) is 6.10 Å². The van der Waals surface area contributed by atoms with Crippen molar-refractivity contribution >= 4 is 6.29 Å². The van der Waals surface area contributed by atoms with E-state index in [1.54, 1.807) is 0 Å². The highest BCUT2D eigenvalue weighted by molar-refractivity contribution is 5.56. The van der Waals surface area contributed by atoms with Gasteiger partial charge >= 0.3 is 0 Å². The fourth-order valence-corrected chi connectivity index (χ4v) is 0.934. The molecule has 1 saturated heterocycles. The molecule has 1 rings (SSSR count). The first-order chi connectivity index (χ1) is 3.83. The molecule has 1 aliphatic rings. The van der Waals surface area contributed by atoms with Gasteiger partial charge in [-0.3, -0.25) is 0 Å². The second-order valence-electron chi connectivity index (χ2n) is 2.20. The molecule has 0 spiro atoms. The zero-order valence-electron chi connectivity index (χ0n) is 4.96. The normalized spacial score (nSPS) is 37.6. The first-order valence-electron chi connectivity index (χ1n) is 2.93. The lowest BCUT2D eigenvalue weighted by molar-refractivity contribution is -0.117. The lowest BCUT2D eigenvalue weighted by Gasteiger charge is -2.00. The van der Waals surface area contributed by atoms with E-state index in [0.717, 1.165) is 19.1 Å². The van der Waals surface area contributed by atoms with Crippen molar-refractivity contribution in [3.05, 3.63) is 0 Å². The van der Waals surface area contributed by atoms with Crippen molar-refractivity contribution in [2.75, 3.05) is 0 Å². The van der Waals surface area contributed by atoms with Gasteiger partial charge in [0.25, 0.3) is 0 Å². The van der Waals surface area contributed by atoms with Crippen LogP contribution in [0.4, 0.5) is 0 Å². The Labute approximate surface area is 48.8 Å². The molecule has 1 fully saturated rings. The predicted molar refractivity (Wildman–Crippen MR) is 29.6 cm³/mol. The summed E-state index contributed by atoms with van der Waals surface area (Å²) in [5.74, 6) is 0. The molecular weight excluding hydrogens is 104 g/mol. The fraction of sp³-hybridized carbons (Fsp3) is 0.833. The van der Waals surface area contributed by atoms with E-state index in [2.05, 4.69) is 0 Å². The summed E-state index contributed by atoms with van der Waals surface area (Å²) in [4.78, 5) is 10.0. The van der Waals surface area contributed by atoms with Crippen LogP contribution in [0.15, 0.2) is 0 Å². The Morgan fingerprint density at radius 3 is 2.62 bits per heavy atom. The van der Waals surface area contributed by atoms with Gasteiger partial charge in [0.05, 0.1) is 6.10 Å². The topological polar surface area (TPSA) is 26.3 Å². The van der Waals surface area contributed by atoms with E-state index < -0.39 is 0 Å². The van der Waals surface area contributed by atoms with Crippen LogP contribution in [-0.4, -0.2) is 18.5 Å². The van der Waals surface area contributed by atoms with Crippen LogP contribution in [0.2, 0.25) is 0 Å². The van der Waals surface area contributed by atoms with Gasteiger partial charge in [-0.2, -0.15) is 0 Å². The fourth-order valence-electron chi connectivity index (χ4n) is 0.934. The average Bonchev–Trinajstić information content (AvgIpc) is 2.14. The highest BCUT2D eigenvalue weighted by atomic mass is 16.5. The SMILES string of the molecule is C[C@@H]1CC[C@H](C=O)O1. The molecular formula is C6H10O2. The molecule has 1 aliphatic heterocycles. The molecule has 0 amide bonds. The largest absolute Gasteiger partial charge is 0.368 e. The van der Waals surface area contributed by atoms with Crippen LogP contribution < -0.4 is 0 Å². The molecule has 0 aromatic heterocycles. The molecule has 0 radical (unpaired) electrons. The molecule has 2 heteroatoms. The summed E-state index contributed by atoms with van der Waals surface area (Å²) in [6.07, 6.45) is 3.01. The Bertz CT molecular complexity index is 90.5. The van der Waals surface area contributed by atoms with Crippen LogP contribution >= 0.6 is 0 Å². The molecule has 8 heavy (non-hydrogen) atoms. The van der Waals surface area contributed by atoms with Gasteiger partial charge < -0.3 is 9.53 Å². The van der Waals surface area contributed by atoms with Crippen molar-refractivity contribution in [2.24, 2.45) is 0 Å². The number of hydrogen-bond donors (Lipinski definition) is 0. The van der Waals surface area contributed by atoms with Crippen LogP contribution in [-0.2, 0) is 9.53 Å². The smallest absolute Gasteiger partial charge is 0.148 e. The van der Waals surface area contributed by atoms with Gasteiger partial charge in [0, 0.05) is 0 Å². The summed E-state index contributed by atoms with van der Waals surface area (Å²) in [6, 6.07) is 0. The predicted octanol–water partition coefficient (Wildman–Crippen LogP) is 0.753. The molecule has 46 valence electrons. The zero-order valence-corrected chi connectivity index (χ0v) is 4.96. The Hall–Kier alpha value is -0.370. The van der Waals surface area contributed by atoms with E-state index in [1.165, 1.54) is 0 Å². The molecule has 1 heterocycles. The van der Waals surface area contributed by atoms with Crippen LogP contribution in [0.5, 0.6) is 0 Å². The van der Waals surface area contributed by atoms with Gasteiger partial charge in [0.1, 0.15) is 12.4 Å². The van der Waals surface area contributed by atoms with Gasteiger partial charge in [-0.25, -0.2) is 0 Å². The number of aldehydes is 1. The maximum atomic E-state index is 10.0. The number of hydrogen-bond acceptors (Lipinski definition) is 2. The molecule has 0 unspecified atom stereocenters. The van der Waals surface area contributed by atoms with Crippen molar-refractivity contribution in [3.63, 3.8) is 0 Å². The molecule has 0 aliphatic carbocycles. The third-order valence-corrected chi connectivity index (χ3v) is 1.42. The van der Waals surface area contributed by atoms with Crippen molar-refractivity contribution < 1.29 is 9.53 Å². The maximum Gasteiger partial charge on any atom is 0.148 e. The Kier molecular flexibility index (Phi) is 1.63. The van der Waals surface area contributed by atoms with Gasteiger partial charge in [-0.1, -0.05) is 0 Å². The second-order valence-corrected chi connectivity index (χ2v) is 2.20. The molecule has 0 aromatic rings. The van der Waals surface area contributed by atoms with Crippen LogP contribution in [0, 0.1) is 0 Å². The van der Waals surface area contributed by atoms with Crippen molar-refractivity contribution in [1.29, 1.82) is 0 Å². The lowest BCUT2D eigenvalue weighted by Crippen LogP contribution is -2.08. The first kappa shape index (κ1) is 5.76. The first-order valence-corrected chi connectivity index (χ1v) is 2.93. The van der Waals surface area contributed by atoms with Gasteiger partial charge in [-0.15, -0.1) is 0 Å². The molecule has 2 nitrogen and oxygen atoms in total. The third kappa shape index (κ3) is 1.07. The minimum absolute atomic E-state index is 0.106. The summed E-state index contributed by atoms with van der Waals surface area (Å²) in [6.45, 7) is 1.99. The van der Waals surface area contributed by atoms with Crippen molar-refractivity contribution in [1.82, 2.24) is 0 Å². The van der Waals surface area contributed by atoms with E-state index in [0.29, 0.717) is 6.10 Å². The second kappa shape index (κ2) is 2.27. The highest BCUT2D eigenvalue weighted by Gasteiger charge is 2.19. The number of carbonyl (C=O) groups excluding carboxylic acids is 1. The molecule has 0 N–H and O–H groups in total. The van der Waals surface area contributed by atoms with Crippen molar-refractivity contribution in [2.45, 2.75) is 32.0 Å². The maximum absolute atomic E-state index is 10.0. The Balaban J connectivity index is 2.32. The number of carbonyl (C=O) groups is 1. The summed E-state index contributed by atoms with van der Waals surface area (Å²) in [7, 11) is 0. The van der Waals surface area contributed by atoms with Gasteiger partial charge in [0.2, 0.25) is 0 Å². The van der Waals surface area contributed by atoms with Gasteiger partial charge in [-0.05, 0) is 19.8 Å². The quantitative estimate of drug-likeness (QED) is 0.470. The molecule has 0 aromatic carbocycles. The summed E-state index contributed by atoms with van der Waals surface area (Å²) < 4.78 is 5.14. The zero-order chi connectivity index (χ0) is 5.98. The average molecular weight is 114 g/mol. The highest BCUT2D eigenvalue weighted by Crippen LogP contribution is 2.16. The monoisotopic (exact) mass is 114 g/mol. The van der Waals surface area contributed by atoms with E-state index in [4.69, 9.17) is 4.74 Å². The van der Waals surface area contributed by atoms with Gasteiger partial charge in [0.15, 0.2) is 0 Å². The molecule has 0 bridgehead atoms. The Morgan fingerprint density at radius 2 is 2.38 bits per heavy atom. The van der Waals surface area contributed by atoms with E-state index >= 15 is 0 Å². The Morgan fingerprint density at radius 1 is 1.62 bits per heavy atom. The third-order valence-electron chi connectivity index (χ3n) is 1.42. The van der Waals surface area contributed by atoms with E-state index in [1.807, 2.05) is 6.92 Å². The van der Waals surface area contributed by atoms with Crippen LogP contribution in [0.3, 0.4) is 0 Å². The molecule has 0 saturated carbocycles. The number of rotatable bonds is 1.